The largest absolute Gasteiger partial charge is 0.384 e. The summed E-state index contributed by atoms with van der Waals surface area (Å²) < 4.78 is 0. The molecule has 0 aliphatic carbocycles. The summed E-state index contributed by atoms with van der Waals surface area (Å²) >= 11 is 1.67. The number of aliphatic hydroxyl groups excluding tert-OH is 1. The van der Waals surface area contributed by atoms with Gasteiger partial charge in [0.15, 0.2) is 0 Å². The predicted molar refractivity (Wildman–Crippen MR) is 53.4 cm³/mol. The van der Waals surface area contributed by atoms with Crippen LogP contribution < -0.4 is 0 Å². The van der Waals surface area contributed by atoms with E-state index in [9.17, 15) is 5.11 Å². The molecule has 1 rings (SSSR count). The van der Waals surface area contributed by atoms with Crippen molar-refractivity contribution in [1.29, 1.82) is 0 Å². The molecule has 1 unspecified atom stereocenters. The summed E-state index contributed by atoms with van der Waals surface area (Å²) in [7, 11) is 0. The number of benzene rings is 1. The highest BCUT2D eigenvalue weighted by molar-refractivity contribution is 7.98. The third kappa shape index (κ3) is 2.13. The standard InChI is InChI=1S/C10H12OS/c1-3-10(11)8-5-4-6-9(7-8)12-2/h3-7,10-11H,1H2,2H3. The van der Waals surface area contributed by atoms with Crippen LogP contribution in [0.2, 0.25) is 0 Å². The van der Waals surface area contributed by atoms with Crippen LogP contribution in [0.4, 0.5) is 0 Å². The number of hydrogen-bond donors (Lipinski definition) is 1. The van der Waals surface area contributed by atoms with Gasteiger partial charge in [-0.1, -0.05) is 18.2 Å². The molecule has 2 heteroatoms. The number of thioether (sulfide) groups is 1. The second kappa shape index (κ2) is 4.33. The highest BCUT2D eigenvalue weighted by Crippen LogP contribution is 2.20. The van der Waals surface area contributed by atoms with Crippen LogP contribution in [-0.2, 0) is 0 Å². The zero-order chi connectivity index (χ0) is 8.97. The van der Waals surface area contributed by atoms with E-state index in [0.29, 0.717) is 0 Å². The third-order valence-electron chi connectivity index (χ3n) is 1.66. The van der Waals surface area contributed by atoms with Crippen molar-refractivity contribution in [3.63, 3.8) is 0 Å². The molecule has 1 aromatic rings. The van der Waals surface area contributed by atoms with Crippen LogP contribution in [0.5, 0.6) is 0 Å². The van der Waals surface area contributed by atoms with E-state index in [1.165, 1.54) is 6.08 Å². The van der Waals surface area contributed by atoms with Gasteiger partial charge in [-0.05, 0) is 24.0 Å². The molecule has 0 radical (unpaired) electrons. The Balaban J connectivity index is 2.93. The Labute approximate surface area is 77.1 Å². The van der Waals surface area contributed by atoms with E-state index < -0.39 is 6.10 Å². The molecule has 0 fully saturated rings. The Kier molecular flexibility index (Phi) is 3.38. The molecule has 0 saturated heterocycles. The number of rotatable bonds is 3. The first kappa shape index (κ1) is 9.36. The maximum atomic E-state index is 9.42. The van der Waals surface area contributed by atoms with Gasteiger partial charge in [0, 0.05) is 4.90 Å². The van der Waals surface area contributed by atoms with E-state index in [0.717, 1.165) is 10.5 Å². The fourth-order valence-electron chi connectivity index (χ4n) is 0.962. The van der Waals surface area contributed by atoms with Crippen LogP contribution in [0.1, 0.15) is 11.7 Å². The smallest absolute Gasteiger partial charge is 0.0969 e. The zero-order valence-electron chi connectivity index (χ0n) is 7.03. The molecule has 0 spiro atoms. The first-order valence-corrected chi connectivity index (χ1v) is 4.95. The molecule has 0 saturated carbocycles. The number of hydrogen-bond acceptors (Lipinski definition) is 2. The Morgan fingerprint density at radius 1 is 1.58 bits per heavy atom. The second-order valence-corrected chi connectivity index (χ2v) is 3.34. The van der Waals surface area contributed by atoms with Gasteiger partial charge < -0.3 is 5.11 Å². The maximum Gasteiger partial charge on any atom is 0.0969 e. The van der Waals surface area contributed by atoms with E-state index in [4.69, 9.17) is 0 Å². The molecule has 0 bridgehead atoms. The third-order valence-corrected chi connectivity index (χ3v) is 2.38. The summed E-state index contributed by atoms with van der Waals surface area (Å²) in [4.78, 5) is 1.16. The molecule has 0 heterocycles. The zero-order valence-corrected chi connectivity index (χ0v) is 7.84. The summed E-state index contributed by atoms with van der Waals surface area (Å²) in [5.74, 6) is 0. The summed E-state index contributed by atoms with van der Waals surface area (Å²) in [6, 6.07) is 7.82. The van der Waals surface area contributed by atoms with Crippen LogP contribution in [0.15, 0.2) is 41.8 Å². The van der Waals surface area contributed by atoms with Gasteiger partial charge >= 0.3 is 0 Å². The van der Waals surface area contributed by atoms with Crippen LogP contribution in [0.25, 0.3) is 0 Å². The molecule has 1 N–H and O–H groups in total. The first-order chi connectivity index (χ1) is 5.77. The minimum Gasteiger partial charge on any atom is -0.384 e. The van der Waals surface area contributed by atoms with Crippen LogP contribution in [0, 0.1) is 0 Å². The normalized spacial score (nSPS) is 12.5. The van der Waals surface area contributed by atoms with Gasteiger partial charge in [0.25, 0.3) is 0 Å². The summed E-state index contributed by atoms with van der Waals surface area (Å²) in [6.07, 6.45) is 3.00. The molecule has 1 nitrogen and oxygen atoms in total. The Bertz CT molecular complexity index is 270. The van der Waals surface area contributed by atoms with Crippen molar-refractivity contribution in [2.24, 2.45) is 0 Å². The van der Waals surface area contributed by atoms with Gasteiger partial charge in [-0.25, -0.2) is 0 Å². The van der Waals surface area contributed by atoms with Crippen molar-refractivity contribution in [1.82, 2.24) is 0 Å². The summed E-state index contributed by atoms with van der Waals surface area (Å²) in [5, 5.41) is 9.42. The van der Waals surface area contributed by atoms with Crippen molar-refractivity contribution in [3.05, 3.63) is 42.5 Å². The minimum absolute atomic E-state index is 0.544. The lowest BCUT2D eigenvalue weighted by Gasteiger charge is -2.06. The van der Waals surface area contributed by atoms with E-state index in [1.54, 1.807) is 11.8 Å². The van der Waals surface area contributed by atoms with Gasteiger partial charge in [-0.3, -0.25) is 0 Å². The monoisotopic (exact) mass is 180 g/mol. The molecule has 0 amide bonds. The van der Waals surface area contributed by atoms with Crippen molar-refractivity contribution >= 4 is 11.8 Å². The minimum atomic E-state index is -0.544. The van der Waals surface area contributed by atoms with E-state index in [2.05, 4.69) is 6.58 Å². The molecule has 1 atom stereocenters. The highest BCUT2D eigenvalue weighted by Gasteiger charge is 2.01. The van der Waals surface area contributed by atoms with Crippen molar-refractivity contribution in [2.75, 3.05) is 6.26 Å². The number of aliphatic hydroxyl groups is 1. The van der Waals surface area contributed by atoms with E-state index in [1.807, 2.05) is 30.5 Å². The fraction of sp³-hybridized carbons (Fsp3) is 0.200. The lowest BCUT2D eigenvalue weighted by atomic mass is 10.1. The Morgan fingerprint density at radius 3 is 2.92 bits per heavy atom. The quantitative estimate of drug-likeness (QED) is 0.570. The Hall–Kier alpha value is -0.730. The molecule has 0 aliphatic rings. The molecular formula is C10H12OS. The summed E-state index contributed by atoms with van der Waals surface area (Å²) in [6.45, 7) is 3.54. The molecule has 64 valence electrons. The molecular weight excluding hydrogens is 168 g/mol. The maximum absolute atomic E-state index is 9.42. The summed E-state index contributed by atoms with van der Waals surface area (Å²) in [5.41, 5.74) is 0.900. The highest BCUT2D eigenvalue weighted by atomic mass is 32.2. The van der Waals surface area contributed by atoms with E-state index >= 15 is 0 Å². The van der Waals surface area contributed by atoms with Gasteiger partial charge in [0.1, 0.15) is 0 Å². The molecule has 0 aliphatic heterocycles. The Morgan fingerprint density at radius 2 is 2.33 bits per heavy atom. The van der Waals surface area contributed by atoms with Crippen molar-refractivity contribution < 1.29 is 5.11 Å². The average Bonchev–Trinajstić information content (AvgIpc) is 2.17. The lowest BCUT2D eigenvalue weighted by molar-refractivity contribution is 0.229. The van der Waals surface area contributed by atoms with Crippen molar-refractivity contribution in [3.8, 4) is 0 Å². The first-order valence-electron chi connectivity index (χ1n) is 3.72. The topological polar surface area (TPSA) is 20.2 Å². The van der Waals surface area contributed by atoms with Gasteiger partial charge in [-0.15, -0.1) is 18.3 Å². The second-order valence-electron chi connectivity index (χ2n) is 2.46. The molecule has 1 aromatic carbocycles. The van der Waals surface area contributed by atoms with Crippen molar-refractivity contribution in [2.45, 2.75) is 11.0 Å². The van der Waals surface area contributed by atoms with Crippen LogP contribution >= 0.6 is 11.8 Å². The molecule has 12 heavy (non-hydrogen) atoms. The SMILES string of the molecule is C=CC(O)c1cccc(SC)c1. The average molecular weight is 180 g/mol. The lowest BCUT2D eigenvalue weighted by Crippen LogP contribution is -1.91. The van der Waals surface area contributed by atoms with Crippen LogP contribution in [-0.4, -0.2) is 11.4 Å². The van der Waals surface area contributed by atoms with Gasteiger partial charge in [0.2, 0.25) is 0 Å². The fourth-order valence-corrected chi connectivity index (χ4v) is 1.43. The van der Waals surface area contributed by atoms with Crippen LogP contribution in [0.3, 0.4) is 0 Å². The van der Waals surface area contributed by atoms with Gasteiger partial charge in [0.05, 0.1) is 6.10 Å². The molecule has 0 aromatic heterocycles. The van der Waals surface area contributed by atoms with E-state index in [-0.39, 0.29) is 0 Å². The predicted octanol–water partition coefficient (Wildman–Crippen LogP) is 2.63. The van der Waals surface area contributed by atoms with Gasteiger partial charge in [-0.2, -0.15) is 0 Å².